The van der Waals surface area contributed by atoms with Gasteiger partial charge in [-0.2, -0.15) is 9.19 Å². The highest BCUT2D eigenvalue weighted by Gasteiger charge is 2.15. The van der Waals surface area contributed by atoms with Crippen LogP contribution >= 0.6 is 11.6 Å². The fraction of sp³-hybridized carbons (Fsp3) is 0.100. The lowest BCUT2D eigenvalue weighted by Gasteiger charge is -2.03. The third kappa shape index (κ3) is 2.43. The van der Waals surface area contributed by atoms with Gasteiger partial charge in [0.05, 0.1) is 23.2 Å². The minimum atomic E-state index is -3.47. The SMILES string of the molecule is O=S(=O)(Cc1ccccc1)n1cc(Cl)cn1. The first-order chi connectivity index (χ1) is 7.58. The van der Waals surface area contributed by atoms with E-state index in [1.54, 1.807) is 24.3 Å². The van der Waals surface area contributed by atoms with E-state index in [9.17, 15) is 8.42 Å². The van der Waals surface area contributed by atoms with Crippen LogP contribution in [-0.2, 0) is 15.8 Å². The topological polar surface area (TPSA) is 52.0 Å². The number of hydrogen-bond acceptors (Lipinski definition) is 3. The molecule has 1 heterocycles. The van der Waals surface area contributed by atoms with E-state index in [-0.39, 0.29) is 5.75 Å². The summed E-state index contributed by atoms with van der Waals surface area (Å²) in [5, 5.41) is 3.98. The summed E-state index contributed by atoms with van der Waals surface area (Å²) < 4.78 is 24.6. The second-order valence-electron chi connectivity index (χ2n) is 3.27. The number of hydrogen-bond donors (Lipinski definition) is 0. The Bertz CT molecular complexity index is 578. The molecule has 2 rings (SSSR count). The van der Waals surface area contributed by atoms with Gasteiger partial charge in [0, 0.05) is 0 Å². The van der Waals surface area contributed by atoms with Gasteiger partial charge in [-0.05, 0) is 5.56 Å². The fourth-order valence-corrected chi connectivity index (χ4v) is 2.69. The molecule has 0 atom stereocenters. The number of aromatic nitrogens is 2. The molecule has 0 radical (unpaired) electrons. The highest BCUT2D eigenvalue weighted by Crippen LogP contribution is 2.11. The van der Waals surface area contributed by atoms with E-state index in [2.05, 4.69) is 5.10 Å². The van der Waals surface area contributed by atoms with Crippen LogP contribution in [0.3, 0.4) is 0 Å². The van der Waals surface area contributed by atoms with E-state index in [1.165, 1.54) is 12.4 Å². The minimum Gasteiger partial charge on any atom is -0.204 e. The molecule has 0 bridgehead atoms. The van der Waals surface area contributed by atoms with Crippen molar-refractivity contribution in [3.05, 3.63) is 53.3 Å². The van der Waals surface area contributed by atoms with E-state index in [0.717, 1.165) is 4.09 Å². The minimum absolute atomic E-state index is 0.0914. The lowest BCUT2D eigenvalue weighted by Crippen LogP contribution is -2.15. The molecule has 0 saturated heterocycles. The van der Waals surface area contributed by atoms with Crippen molar-refractivity contribution in [2.24, 2.45) is 0 Å². The summed E-state index contributed by atoms with van der Waals surface area (Å²) in [7, 11) is -3.47. The first-order valence-electron chi connectivity index (χ1n) is 4.55. The smallest absolute Gasteiger partial charge is 0.204 e. The standard InChI is InChI=1S/C10H9ClN2O2S/c11-10-6-12-13(7-10)16(14,15)8-9-4-2-1-3-5-9/h1-7H,8H2. The van der Waals surface area contributed by atoms with Crippen LogP contribution in [0, 0.1) is 0 Å². The molecule has 0 spiro atoms. The second kappa shape index (κ2) is 4.27. The highest BCUT2D eigenvalue weighted by molar-refractivity contribution is 7.89. The first kappa shape index (κ1) is 11.2. The lowest BCUT2D eigenvalue weighted by atomic mass is 10.2. The van der Waals surface area contributed by atoms with Crippen LogP contribution in [0.1, 0.15) is 5.56 Å². The molecule has 1 aromatic heterocycles. The van der Waals surface area contributed by atoms with Crippen molar-refractivity contribution in [3.63, 3.8) is 0 Å². The Morgan fingerprint density at radius 1 is 1.25 bits per heavy atom. The molecular weight excluding hydrogens is 248 g/mol. The third-order valence-electron chi connectivity index (χ3n) is 2.01. The zero-order valence-electron chi connectivity index (χ0n) is 8.25. The van der Waals surface area contributed by atoms with Crippen molar-refractivity contribution in [1.29, 1.82) is 0 Å². The molecule has 0 amide bonds. The van der Waals surface area contributed by atoms with Gasteiger partial charge in [-0.15, -0.1) is 0 Å². The van der Waals surface area contributed by atoms with Gasteiger partial charge in [0.25, 0.3) is 10.0 Å². The van der Waals surface area contributed by atoms with Crippen LogP contribution in [0.2, 0.25) is 5.02 Å². The summed E-state index contributed by atoms with van der Waals surface area (Å²) in [6, 6.07) is 8.92. The average Bonchev–Trinajstić information content (AvgIpc) is 2.66. The number of rotatable bonds is 3. The Morgan fingerprint density at radius 2 is 1.94 bits per heavy atom. The maximum atomic E-state index is 11.9. The molecule has 0 saturated carbocycles. The quantitative estimate of drug-likeness (QED) is 0.843. The van der Waals surface area contributed by atoms with Gasteiger partial charge in [-0.1, -0.05) is 41.9 Å². The predicted molar refractivity (Wildman–Crippen MR) is 61.7 cm³/mol. The monoisotopic (exact) mass is 256 g/mol. The van der Waals surface area contributed by atoms with Gasteiger partial charge in [0.15, 0.2) is 0 Å². The van der Waals surface area contributed by atoms with Crippen LogP contribution in [0.5, 0.6) is 0 Å². The Morgan fingerprint density at radius 3 is 2.50 bits per heavy atom. The lowest BCUT2D eigenvalue weighted by molar-refractivity contribution is 0.579. The molecule has 0 aliphatic carbocycles. The molecule has 16 heavy (non-hydrogen) atoms. The molecule has 6 heteroatoms. The first-order valence-corrected chi connectivity index (χ1v) is 6.54. The zero-order chi connectivity index (χ0) is 11.6. The summed E-state index contributed by atoms with van der Waals surface area (Å²) in [6.07, 6.45) is 2.57. The van der Waals surface area contributed by atoms with Crippen molar-refractivity contribution in [2.75, 3.05) is 0 Å². The van der Waals surface area contributed by atoms with Crippen molar-refractivity contribution in [1.82, 2.24) is 9.19 Å². The van der Waals surface area contributed by atoms with E-state index in [4.69, 9.17) is 11.6 Å². The number of nitrogens with zero attached hydrogens (tertiary/aromatic N) is 2. The van der Waals surface area contributed by atoms with Gasteiger partial charge >= 0.3 is 0 Å². The van der Waals surface area contributed by atoms with Crippen LogP contribution in [-0.4, -0.2) is 17.6 Å². The number of benzene rings is 1. The van der Waals surface area contributed by atoms with Crippen molar-refractivity contribution in [3.8, 4) is 0 Å². The Hall–Kier alpha value is -1.33. The average molecular weight is 257 g/mol. The van der Waals surface area contributed by atoms with Crippen LogP contribution < -0.4 is 0 Å². The Balaban J connectivity index is 2.28. The van der Waals surface area contributed by atoms with Gasteiger partial charge in [0.2, 0.25) is 0 Å². The summed E-state index contributed by atoms with van der Waals surface area (Å²) in [5.41, 5.74) is 0.717. The van der Waals surface area contributed by atoms with E-state index < -0.39 is 10.0 Å². The van der Waals surface area contributed by atoms with Gasteiger partial charge in [-0.3, -0.25) is 0 Å². The van der Waals surface area contributed by atoms with Gasteiger partial charge in [-0.25, -0.2) is 8.42 Å². The summed E-state index contributed by atoms with van der Waals surface area (Å²) in [5.74, 6) is -0.0914. The van der Waals surface area contributed by atoms with Crippen molar-refractivity contribution >= 4 is 21.6 Å². The Labute approximate surface area is 98.5 Å². The third-order valence-corrected chi connectivity index (χ3v) is 3.67. The molecule has 1 aromatic carbocycles. The fourth-order valence-electron chi connectivity index (χ4n) is 1.29. The van der Waals surface area contributed by atoms with E-state index in [0.29, 0.717) is 10.6 Å². The molecule has 84 valence electrons. The molecule has 0 fully saturated rings. The molecule has 0 aliphatic heterocycles. The summed E-state index contributed by atoms with van der Waals surface area (Å²) in [4.78, 5) is 0. The second-order valence-corrected chi connectivity index (χ2v) is 5.54. The van der Waals surface area contributed by atoms with Crippen LogP contribution in [0.25, 0.3) is 0 Å². The normalized spacial score (nSPS) is 11.6. The number of halogens is 1. The van der Waals surface area contributed by atoms with Gasteiger partial charge < -0.3 is 0 Å². The Kier molecular flexibility index (Phi) is 2.98. The molecular formula is C10H9ClN2O2S. The molecule has 2 aromatic rings. The molecule has 4 nitrogen and oxygen atoms in total. The summed E-state index contributed by atoms with van der Waals surface area (Å²) >= 11 is 5.62. The largest absolute Gasteiger partial charge is 0.257 e. The molecule has 0 aliphatic rings. The maximum absolute atomic E-state index is 11.9. The molecule has 0 unspecified atom stereocenters. The van der Waals surface area contributed by atoms with E-state index in [1.807, 2.05) is 6.07 Å². The summed E-state index contributed by atoms with van der Waals surface area (Å²) in [6.45, 7) is 0. The van der Waals surface area contributed by atoms with Gasteiger partial charge in [0.1, 0.15) is 0 Å². The molecule has 0 N–H and O–H groups in total. The maximum Gasteiger partial charge on any atom is 0.257 e. The van der Waals surface area contributed by atoms with Crippen LogP contribution in [0.15, 0.2) is 42.7 Å². The zero-order valence-corrected chi connectivity index (χ0v) is 9.82. The highest BCUT2D eigenvalue weighted by atomic mass is 35.5. The van der Waals surface area contributed by atoms with Crippen molar-refractivity contribution in [2.45, 2.75) is 5.75 Å². The predicted octanol–water partition coefficient (Wildman–Crippen LogP) is 1.91. The van der Waals surface area contributed by atoms with E-state index >= 15 is 0 Å². The van der Waals surface area contributed by atoms with Crippen molar-refractivity contribution < 1.29 is 8.42 Å². The van der Waals surface area contributed by atoms with Crippen LogP contribution in [0.4, 0.5) is 0 Å².